The van der Waals surface area contributed by atoms with Gasteiger partial charge in [0, 0.05) is 25.5 Å². The normalized spacial score (nSPS) is 20.3. The van der Waals surface area contributed by atoms with Gasteiger partial charge in [0.05, 0.1) is 0 Å². The molecule has 17 heavy (non-hydrogen) atoms. The number of piperidine rings is 1. The first-order chi connectivity index (χ1) is 8.22. The van der Waals surface area contributed by atoms with Crippen LogP contribution in [0.5, 0.6) is 0 Å². The molecule has 1 saturated heterocycles. The molecule has 1 aliphatic heterocycles. The summed E-state index contributed by atoms with van der Waals surface area (Å²) in [7, 11) is 0. The van der Waals surface area contributed by atoms with Gasteiger partial charge in [-0.3, -0.25) is 4.79 Å². The van der Waals surface area contributed by atoms with Crippen molar-refractivity contribution in [2.45, 2.75) is 12.8 Å². The minimum Gasteiger partial charge on any atom is -0.364 e. The molecule has 2 heterocycles. The highest BCUT2D eigenvalue weighted by molar-refractivity contribution is 5.95. The van der Waals surface area contributed by atoms with Gasteiger partial charge in [0.1, 0.15) is 0 Å². The molecule has 1 aromatic heterocycles. The van der Waals surface area contributed by atoms with Gasteiger partial charge < -0.3 is 16.4 Å². The van der Waals surface area contributed by atoms with Gasteiger partial charge >= 0.3 is 0 Å². The van der Waals surface area contributed by atoms with E-state index in [-0.39, 0.29) is 5.69 Å². The molecule has 0 spiro atoms. The van der Waals surface area contributed by atoms with Gasteiger partial charge in [-0.15, -0.1) is 0 Å². The Morgan fingerprint density at radius 1 is 1.47 bits per heavy atom. The molecular weight excluding hydrogens is 218 g/mol. The fourth-order valence-corrected chi connectivity index (χ4v) is 2.19. The molecule has 0 radical (unpaired) electrons. The Bertz CT molecular complexity index is 409. The lowest BCUT2D eigenvalue weighted by Crippen LogP contribution is -2.40. The Kier molecular flexibility index (Phi) is 3.53. The van der Waals surface area contributed by atoms with E-state index in [1.54, 1.807) is 6.20 Å². The van der Waals surface area contributed by atoms with Crippen LogP contribution in [0.25, 0.3) is 0 Å². The zero-order chi connectivity index (χ0) is 12.3. The lowest BCUT2D eigenvalue weighted by atomic mass is 9.98. The quantitative estimate of drug-likeness (QED) is 0.752. The molecule has 1 amide bonds. The smallest absolute Gasteiger partial charge is 0.271 e. The van der Waals surface area contributed by atoms with Gasteiger partial charge in [0.2, 0.25) is 0 Å². The molecule has 1 atom stereocenters. The van der Waals surface area contributed by atoms with Crippen LogP contribution in [0.15, 0.2) is 12.4 Å². The van der Waals surface area contributed by atoms with Crippen LogP contribution in [-0.4, -0.2) is 35.5 Å². The molecule has 6 heteroatoms. The summed E-state index contributed by atoms with van der Waals surface area (Å²) >= 11 is 0. The van der Waals surface area contributed by atoms with Gasteiger partial charge in [-0.05, 0) is 25.3 Å². The van der Waals surface area contributed by atoms with Crippen molar-refractivity contribution < 1.29 is 4.79 Å². The van der Waals surface area contributed by atoms with E-state index in [2.05, 4.69) is 9.97 Å². The summed E-state index contributed by atoms with van der Waals surface area (Å²) in [5, 5.41) is 0. The van der Waals surface area contributed by atoms with E-state index < -0.39 is 5.91 Å². The number of carbonyl (C=O) groups is 1. The van der Waals surface area contributed by atoms with Crippen molar-refractivity contribution in [3.05, 3.63) is 18.1 Å². The molecular formula is C11H17N5O. The van der Waals surface area contributed by atoms with E-state index >= 15 is 0 Å². The molecule has 0 bridgehead atoms. The van der Waals surface area contributed by atoms with Gasteiger partial charge in [-0.1, -0.05) is 0 Å². The van der Waals surface area contributed by atoms with E-state index in [0.717, 1.165) is 25.9 Å². The molecule has 1 fully saturated rings. The molecule has 4 N–H and O–H groups in total. The lowest BCUT2D eigenvalue weighted by molar-refractivity contribution is 0.0995. The van der Waals surface area contributed by atoms with Crippen LogP contribution < -0.4 is 16.4 Å². The number of primary amides is 1. The average molecular weight is 235 g/mol. The molecule has 1 aromatic rings. The third-order valence-corrected chi connectivity index (χ3v) is 3.06. The molecule has 1 unspecified atom stereocenters. The number of rotatable bonds is 3. The maximum Gasteiger partial charge on any atom is 0.271 e. The summed E-state index contributed by atoms with van der Waals surface area (Å²) < 4.78 is 0. The van der Waals surface area contributed by atoms with Crippen LogP contribution in [0.4, 0.5) is 5.82 Å². The monoisotopic (exact) mass is 235 g/mol. The van der Waals surface area contributed by atoms with Gasteiger partial charge in [0.15, 0.2) is 11.5 Å². The average Bonchev–Trinajstić information content (AvgIpc) is 2.39. The minimum atomic E-state index is -0.539. The van der Waals surface area contributed by atoms with E-state index in [1.807, 2.05) is 4.90 Å². The van der Waals surface area contributed by atoms with Gasteiger partial charge in [-0.2, -0.15) is 0 Å². The van der Waals surface area contributed by atoms with Crippen LogP contribution in [0.3, 0.4) is 0 Å². The van der Waals surface area contributed by atoms with E-state index in [0.29, 0.717) is 18.3 Å². The predicted molar refractivity (Wildman–Crippen MR) is 64.5 cm³/mol. The van der Waals surface area contributed by atoms with Crippen molar-refractivity contribution in [2.75, 3.05) is 24.5 Å². The number of nitrogens with two attached hydrogens (primary N) is 2. The van der Waals surface area contributed by atoms with Crippen molar-refractivity contribution in [1.29, 1.82) is 0 Å². The molecule has 6 nitrogen and oxygen atoms in total. The Labute approximate surface area is 100 Å². The Hall–Kier alpha value is -1.69. The standard InChI is InChI=1S/C11H17N5O/c12-6-8-2-1-5-16(7-8)11-9(10(13)17)14-3-4-15-11/h3-4,8H,1-2,5-7,12H2,(H2,13,17). The predicted octanol–water partition coefficient (Wildman–Crippen LogP) is -0.249. The van der Waals surface area contributed by atoms with Crippen molar-refractivity contribution in [3.63, 3.8) is 0 Å². The molecule has 1 aliphatic rings. The SMILES string of the molecule is NCC1CCCN(c2nccnc2C(N)=O)C1. The second-order valence-electron chi connectivity index (χ2n) is 4.28. The highest BCUT2D eigenvalue weighted by Gasteiger charge is 2.23. The third kappa shape index (κ3) is 2.52. The van der Waals surface area contributed by atoms with Crippen molar-refractivity contribution in [3.8, 4) is 0 Å². The zero-order valence-electron chi connectivity index (χ0n) is 9.67. The van der Waals surface area contributed by atoms with Crippen LogP contribution >= 0.6 is 0 Å². The Balaban J connectivity index is 2.24. The molecule has 2 rings (SSSR count). The van der Waals surface area contributed by atoms with Crippen LogP contribution in [0, 0.1) is 5.92 Å². The second kappa shape index (κ2) is 5.09. The summed E-state index contributed by atoms with van der Waals surface area (Å²) in [6, 6.07) is 0. The van der Waals surface area contributed by atoms with Crippen LogP contribution in [0.2, 0.25) is 0 Å². The van der Waals surface area contributed by atoms with Crippen LogP contribution in [0.1, 0.15) is 23.3 Å². The molecule has 0 aromatic carbocycles. The first-order valence-corrected chi connectivity index (χ1v) is 5.78. The number of anilines is 1. The Morgan fingerprint density at radius 2 is 2.24 bits per heavy atom. The maximum absolute atomic E-state index is 11.3. The highest BCUT2D eigenvalue weighted by atomic mass is 16.1. The number of aromatic nitrogens is 2. The number of carbonyl (C=O) groups excluding carboxylic acids is 1. The highest BCUT2D eigenvalue weighted by Crippen LogP contribution is 2.22. The van der Waals surface area contributed by atoms with Crippen LogP contribution in [-0.2, 0) is 0 Å². The fraction of sp³-hybridized carbons (Fsp3) is 0.545. The summed E-state index contributed by atoms with van der Waals surface area (Å²) in [5.41, 5.74) is 11.2. The summed E-state index contributed by atoms with van der Waals surface area (Å²) in [4.78, 5) is 21.5. The minimum absolute atomic E-state index is 0.241. The number of hydrogen-bond acceptors (Lipinski definition) is 5. The topological polar surface area (TPSA) is 98.1 Å². The summed E-state index contributed by atoms with van der Waals surface area (Å²) in [5.74, 6) is 0.493. The molecule has 0 saturated carbocycles. The van der Waals surface area contributed by atoms with E-state index in [9.17, 15) is 4.79 Å². The number of nitrogens with zero attached hydrogens (tertiary/aromatic N) is 3. The number of amides is 1. The van der Waals surface area contributed by atoms with Gasteiger partial charge in [-0.25, -0.2) is 9.97 Å². The first kappa shape index (κ1) is 11.8. The van der Waals surface area contributed by atoms with Crippen molar-refractivity contribution in [2.24, 2.45) is 17.4 Å². The summed E-state index contributed by atoms with van der Waals surface area (Å²) in [6.45, 7) is 2.34. The van der Waals surface area contributed by atoms with Gasteiger partial charge in [0.25, 0.3) is 5.91 Å². The van der Waals surface area contributed by atoms with Crippen molar-refractivity contribution >= 4 is 11.7 Å². The Morgan fingerprint density at radius 3 is 2.94 bits per heavy atom. The third-order valence-electron chi connectivity index (χ3n) is 3.06. The van der Waals surface area contributed by atoms with E-state index in [1.165, 1.54) is 6.20 Å². The molecule has 92 valence electrons. The van der Waals surface area contributed by atoms with Crippen molar-refractivity contribution in [1.82, 2.24) is 9.97 Å². The largest absolute Gasteiger partial charge is 0.364 e. The first-order valence-electron chi connectivity index (χ1n) is 5.78. The van der Waals surface area contributed by atoms with E-state index in [4.69, 9.17) is 11.5 Å². The lowest BCUT2D eigenvalue weighted by Gasteiger charge is -2.33. The maximum atomic E-state index is 11.3. The number of hydrogen-bond donors (Lipinski definition) is 2. The summed E-state index contributed by atoms with van der Waals surface area (Å²) in [6.07, 6.45) is 5.23. The fourth-order valence-electron chi connectivity index (χ4n) is 2.19. The zero-order valence-corrected chi connectivity index (χ0v) is 9.67. The second-order valence-corrected chi connectivity index (χ2v) is 4.28. The molecule has 0 aliphatic carbocycles.